The van der Waals surface area contributed by atoms with Crippen LogP contribution in [0, 0.1) is 5.92 Å². The predicted molar refractivity (Wildman–Crippen MR) is 80.0 cm³/mol. The van der Waals surface area contributed by atoms with E-state index in [2.05, 4.69) is 15.2 Å². The van der Waals surface area contributed by atoms with E-state index in [9.17, 15) is 4.79 Å². The number of rotatable bonds is 5. The van der Waals surface area contributed by atoms with Crippen LogP contribution in [0.2, 0.25) is 5.02 Å². The Morgan fingerprint density at radius 2 is 2.19 bits per heavy atom. The van der Waals surface area contributed by atoms with Crippen molar-refractivity contribution in [3.63, 3.8) is 0 Å². The molecule has 0 aliphatic heterocycles. The van der Waals surface area contributed by atoms with Crippen molar-refractivity contribution in [1.29, 1.82) is 0 Å². The number of aromatic amines is 1. The largest absolute Gasteiger partial charge is 0.345 e. The summed E-state index contributed by atoms with van der Waals surface area (Å²) in [4.78, 5) is 18.3. The first-order valence-corrected chi connectivity index (χ1v) is 7.37. The smallest absolute Gasteiger partial charge is 0.226 e. The lowest BCUT2D eigenvalue weighted by Crippen LogP contribution is -2.30. The average molecular weight is 305 g/mol. The molecule has 21 heavy (non-hydrogen) atoms. The van der Waals surface area contributed by atoms with E-state index in [1.165, 1.54) is 11.9 Å². The van der Waals surface area contributed by atoms with E-state index in [-0.39, 0.29) is 17.7 Å². The Bertz CT molecular complexity index is 611. The SMILES string of the molecule is CN(CCc1ccc(Cl)cc1)C(=O)[C@H]1C[C@@H]1c1ncn[nH]1. The highest BCUT2D eigenvalue weighted by molar-refractivity contribution is 6.30. The fourth-order valence-electron chi connectivity index (χ4n) is 2.50. The summed E-state index contributed by atoms with van der Waals surface area (Å²) < 4.78 is 0. The molecule has 0 unspecified atom stereocenters. The van der Waals surface area contributed by atoms with Crippen LogP contribution in [0.1, 0.15) is 23.7 Å². The highest BCUT2D eigenvalue weighted by atomic mass is 35.5. The van der Waals surface area contributed by atoms with E-state index in [0.717, 1.165) is 23.7 Å². The summed E-state index contributed by atoms with van der Waals surface area (Å²) in [6, 6.07) is 7.74. The number of carbonyl (C=O) groups is 1. The summed E-state index contributed by atoms with van der Waals surface area (Å²) in [6.07, 6.45) is 3.18. The van der Waals surface area contributed by atoms with Gasteiger partial charge in [-0.1, -0.05) is 23.7 Å². The Kier molecular flexibility index (Phi) is 3.92. The van der Waals surface area contributed by atoms with E-state index in [0.29, 0.717) is 6.54 Å². The molecule has 3 rings (SSSR count). The van der Waals surface area contributed by atoms with Crippen LogP contribution in [0.3, 0.4) is 0 Å². The molecule has 1 aliphatic carbocycles. The third-order valence-corrected chi connectivity index (χ3v) is 4.17. The molecule has 1 saturated carbocycles. The van der Waals surface area contributed by atoms with Gasteiger partial charge < -0.3 is 4.90 Å². The van der Waals surface area contributed by atoms with Gasteiger partial charge in [-0.2, -0.15) is 5.10 Å². The Hall–Kier alpha value is -1.88. The molecule has 1 heterocycles. The Balaban J connectivity index is 1.50. The maximum atomic E-state index is 12.3. The van der Waals surface area contributed by atoms with Gasteiger partial charge in [0.1, 0.15) is 12.2 Å². The lowest BCUT2D eigenvalue weighted by Gasteiger charge is -2.17. The van der Waals surface area contributed by atoms with Gasteiger partial charge in [0, 0.05) is 30.5 Å². The molecule has 0 spiro atoms. The maximum absolute atomic E-state index is 12.3. The fourth-order valence-corrected chi connectivity index (χ4v) is 2.63. The summed E-state index contributed by atoms with van der Waals surface area (Å²) in [5.74, 6) is 1.26. The first-order valence-electron chi connectivity index (χ1n) is 7.00. The second kappa shape index (κ2) is 5.85. The van der Waals surface area contributed by atoms with E-state index in [1.807, 2.05) is 31.3 Å². The lowest BCUT2D eigenvalue weighted by atomic mass is 10.1. The third-order valence-electron chi connectivity index (χ3n) is 3.92. The molecule has 110 valence electrons. The Labute approximate surface area is 128 Å². The molecule has 2 atom stereocenters. The van der Waals surface area contributed by atoms with E-state index in [4.69, 9.17) is 11.6 Å². The van der Waals surface area contributed by atoms with E-state index >= 15 is 0 Å². The molecule has 2 aromatic rings. The van der Waals surface area contributed by atoms with Gasteiger partial charge in [0.25, 0.3) is 0 Å². The standard InChI is InChI=1S/C15H17ClN4O/c1-20(7-6-10-2-4-11(16)5-3-10)15(21)13-8-12(13)14-17-9-18-19-14/h2-5,9,12-13H,6-8H2,1H3,(H,17,18,19)/t12-,13-/m0/s1. The van der Waals surface area contributed by atoms with E-state index in [1.54, 1.807) is 4.90 Å². The zero-order chi connectivity index (χ0) is 14.8. The number of amides is 1. The van der Waals surface area contributed by atoms with Gasteiger partial charge in [0.05, 0.1) is 0 Å². The third kappa shape index (κ3) is 3.24. The second-order valence-corrected chi connectivity index (χ2v) is 5.89. The number of hydrogen-bond donors (Lipinski definition) is 1. The molecule has 1 amide bonds. The molecule has 0 radical (unpaired) electrons. The molecule has 1 aromatic carbocycles. The molecule has 6 heteroatoms. The number of nitrogens with one attached hydrogen (secondary N) is 1. The minimum atomic E-state index is 0.0492. The monoisotopic (exact) mass is 304 g/mol. The molecule has 0 saturated heterocycles. The van der Waals surface area contributed by atoms with Crippen molar-refractivity contribution in [3.05, 3.63) is 47.0 Å². The van der Waals surface area contributed by atoms with Crippen molar-refractivity contribution in [1.82, 2.24) is 20.1 Å². The number of H-pyrrole nitrogens is 1. The van der Waals surface area contributed by atoms with Crippen LogP contribution in [0.5, 0.6) is 0 Å². The zero-order valence-electron chi connectivity index (χ0n) is 11.8. The zero-order valence-corrected chi connectivity index (χ0v) is 12.5. The normalized spacial score (nSPS) is 20.3. The number of carbonyl (C=O) groups excluding carboxylic acids is 1. The van der Waals surface area contributed by atoms with Crippen LogP contribution >= 0.6 is 11.6 Å². The Morgan fingerprint density at radius 3 is 2.86 bits per heavy atom. The number of hydrogen-bond acceptors (Lipinski definition) is 3. The summed E-state index contributed by atoms with van der Waals surface area (Å²) in [6.45, 7) is 0.708. The first-order chi connectivity index (χ1) is 10.1. The maximum Gasteiger partial charge on any atom is 0.226 e. The van der Waals surface area contributed by atoms with Crippen molar-refractivity contribution in [2.24, 2.45) is 5.92 Å². The van der Waals surface area contributed by atoms with Crippen LogP contribution in [-0.4, -0.2) is 39.6 Å². The van der Waals surface area contributed by atoms with Gasteiger partial charge in [-0.3, -0.25) is 9.89 Å². The van der Waals surface area contributed by atoms with Crippen molar-refractivity contribution in [2.75, 3.05) is 13.6 Å². The summed E-state index contributed by atoms with van der Waals surface area (Å²) >= 11 is 5.86. The highest BCUT2D eigenvalue weighted by Crippen LogP contribution is 2.46. The van der Waals surface area contributed by atoms with Gasteiger partial charge in [0.15, 0.2) is 0 Å². The van der Waals surface area contributed by atoms with E-state index < -0.39 is 0 Å². The molecule has 1 aliphatic rings. The number of halogens is 1. The minimum absolute atomic E-state index is 0.0492. The molecular formula is C15H17ClN4O. The molecule has 1 N–H and O–H groups in total. The van der Waals surface area contributed by atoms with Crippen molar-refractivity contribution in [3.8, 4) is 0 Å². The number of benzene rings is 1. The minimum Gasteiger partial charge on any atom is -0.345 e. The van der Waals surface area contributed by atoms with Gasteiger partial charge in [0.2, 0.25) is 5.91 Å². The number of nitrogens with zero attached hydrogens (tertiary/aromatic N) is 3. The van der Waals surface area contributed by atoms with Crippen LogP contribution < -0.4 is 0 Å². The lowest BCUT2D eigenvalue weighted by molar-refractivity contribution is -0.131. The van der Waals surface area contributed by atoms with Crippen LogP contribution in [-0.2, 0) is 11.2 Å². The molecular weight excluding hydrogens is 288 g/mol. The second-order valence-electron chi connectivity index (χ2n) is 5.46. The average Bonchev–Trinajstić information content (AvgIpc) is 3.10. The van der Waals surface area contributed by atoms with Crippen molar-refractivity contribution < 1.29 is 4.79 Å². The summed E-state index contributed by atoms with van der Waals surface area (Å²) in [5, 5.41) is 7.41. The van der Waals surface area contributed by atoms with Gasteiger partial charge in [-0.05, 0) is 30.5 Å². The fraction of sp³-hybridized carbons (Fsp3) is 0.400. The van der Waals surface area contributed by atoms with Crippen LogP contribution in [0.25, 0.3) is 0 Å². The van der Waals surface area contributed by atoms with Gasteiger partial charge in [-0.25, -0.2) is 4.98 Å². The molecule has 1 aromatic heterocycles. The number of likely N-dealkylation sites (N-methyl/N-ethyl adjacent to an activating group) is 1. The molecule has 5 nitrogen and oxygen atoms in total. The van der Waals surface area contributed by atoms with Crippen molar-refractivity contribution >= 4 is 17.5 Å². The summed E-state index contributed by atoms with van der Waals surface area (Å²) in [5.41, 5.74) is 1.18. The van der Waals surface area contributed by atoms with Crippen LogP contribution in [0.4, 0.5) is 0 Å². The predicted octanol–water partition coefficient (Wildman–Crippen LogP) is 2.26. The first kappa shape index (κ1) is 14.1. The molecule has 0 bridgehead atoms. The van der Waals surface area contributed by atoms with Gasteiger partial charge >= 0.3 is 0 Å². The van der Waals surface area contributed by atoms with Crippen molar-refractivity contribution in [2.45, 2.75) is 18.8 Å². The molecule has 1 fully saturated rings. The Morgan fingerprint density at radius 1 is 1.43 bits per heavy atom. The summed E-state index contributed by atoms with van der Waals surface area (Å²) in [7, 11) is 1.86. The topological polar surface area (TPSA) is 61.9 Å². The van der Waals surface area contributed by atoms with Crippen LogP contribution in [0.15, 0.2) is 30.6 Å². The van der Waals surface area contributed by atoms with Gasteiger partial charge in [-0.15, -0.1) is 0 Å². The quantitative estimate of drug-likeness (QED) is 0.921. The highest BCUT2D eigenvalue weighted by Gasteiger charge is 2.46. The number of aromatic nitrogens is 3.